The molecule has 2 unspecified atom stereocenters. The van der Waals surface area contributed by atoms with E-state index in [2.05, 4.69) is 18.7 Å². The molecular formula is C12H26N2. The molecule has 1 heterocycles. The van der Waals surface area contributed by atoms with Gasteiger partial charge in [-0.2, -0.15) is 0 Å². The lowest BCUT2D eigenvalue weighted by atomic mass is 10.0. The Morgan fingerprint density at radius 3 is 2.93 bits per heavy atom. The summed E-state index contributed by atoms with van der Waals surface area (Å²) in [5.74, 6) is 0.982. The van der Waals surface area contributed by atoms with Gasteiger partial charge in [-0.3, -0.25) is 0 Å². The molecule has 14 heavy (non-hydrogen) atoms. The van der Waals surface area contributed by atoms with Gasteiger partial charge in [-0.1, -0.05) is 13.3 Å². The molecule has 0 aromatic carbocycles. The summed E-state index contributed by atoms with van der Waals surface area (Å²) in [5, 5.41) is 0. The van der Waals surface area contributed by atoms with Crippen molar-refractivity contribution in [3.63, 3.8) is 0 Å². The highest BCUT2D eigenvalue weighted by Gasteiger charge is 2.20. The Kier molecular flexibility index (Phi) is 5.49. The highest BCUT2D eigenvalue weighted by atomic mass is 15.1. The van der Waals surface area contributed by atoms with Gasteiger partial charge in [-0.15, -0.1) is 0 Å². The summed E-state index contributed by atoms with van der Waals surface area (Å²) in [4.78, 5) is 2.61. The van der Waals surface area contributed by atoms with Gasteiger partial charge in [0.1, 0.15) is 0 Å². The lowest BCUT2D eigenvalue weighted by Gasteiger charge is -2.16. The van der Waals surface area contributed by atoms with E-state index in [0.29, 0.717) is 6.04 Å². The predicted octanol–water partition coefficient (Wildman–Crippen LogP) is 2.24. The van der Waals surface area contributed by atoms with Crippen LogP contribution >= 0.6 is 0 Å². The largest absolute Gasteiger partial charge is 0.328 e. The maximum Gasteiger partial charge on any atom is 0.00109 e. The molecule has 2 N–H and O–H groups in total. The zero-order valence-electron chi connectivity index (χ0n) is 9.84. The molecule has 0 amide bonds. The van der Waals surface area contributed by atoms with E-state index < -0.39 is 0 Å². The highest BCUT2D eigenvalue weighted by molar-refractivity contribution is 4.75. The second-order valence-electron chi connectivity index (χ2n) is 4.86. The fraction of sp³-hybridized carbons (Fsp3) is 1.00. The normalized spacial score (nSPS) is 25.5. The van der Waals surface area contributed by atoms with Gasteiger partial charge < -0.3 is 10.6 Å². The van der Waals surface area contributed by atoms with Crippen LogP contribution in [0.5, 0.6) is 0 Å². The summed E-state index contributed by atoms with van der Waals surface area (Å²) in [5.41, 5.74) is 5.73. The topological polar surface area (TPSA) is 29.3 Å². The number of nitrogens with zero attached hydrogens (tertiary/aromatic N) is 1. The van der Waals surface area contributed by atoms with E-state index in [9.17, 15) is 0 Å². The molecule has 1 aliphatic heterocycles. The second-order valence-corrected chi connectivity index (χ2v) is 4.86. The first kappa shape index (κ1) is 12.0. The molecule has 0 aromatic heterocycles. The molecule has 0 bridgehead atoms. The highest BCUT2D eigenvalue weighted by Crippen LogP contribution is 2.20. The fourth-order valence-electron chi connectivity index (χ4n) is 2.40. The van der Waals surface area contributed by atoms with E-state index in [1.54, 1.807) is 0 Å². The molecule has 0 saturated carbocycles. The lowest BCUT2D eigenvalue weighted by molar-refractivity contribution is 0.310. The Hall–Kier alpha value is -0.0800. The van der Waals surface area contributed by atoms with Crippen molar-refractivity contribution < 1.29 is 0 Å². The predicted molar refractivity (Wildman–Crippen MR) is 62.3 cm³/mol. The Morgan fingerprint density at radius 1 is 1.50 bits per heavy atom. The third kappa shape index (κ3) is 4.43. The quantitative estimate of drug-likeness (QED) is 0.709. The van der Waals surface area contributed by atoms with Gasteiger partial charge in [-0.25, -0.2) is 0 Å². The first-order valence-electron chi connectivity index (χ1n) is 6.20. The van der Waals surface area contributed by atoms with Crippen LogP contribution in [0.1, 0.15) is 46.0 Å². The van der Waals surface area contributed by atoms with Gasteiger partial charge in [0.05, 0.1) is 0 Å². The van der Waals surface area contributed by atoms with Crippen LogP contribution in [0.25, 0.3) is 0 Å². The zero-order chi connectivity index (χ0) is 10.4. The third-order valence-electron chi connectivity index (χ3n) is 3.20. The molecule has 1 aliphatic rings. The molecule has 1 rings (SSSR count). The van der Waals surface area contributed by atoms with Crippen LogP contribution in [-0.4, -0.2) is 30.6 Å². The fourth-order valence-corrected chi connectivity index (χ4v) is 2.40. The molecule has 1 fully saturated rings. The Morgan fingerprint density at radius 2 is 2.29 bits per heavy atom. The first-order valence-corrected chi connectivity index (χ1v) is 6.20. The van der Waals surface area contributed by atoms with Crippen LogP contribution in [0, 0.1) is 5.92 Å². The first-order chi connectivity index (χ1) is 6.72. The van der Waals surface area contributed by atoms with Crippen molar-refractivity contribution in [2.75, 3.05) is 19.6 Å². The number of hydrogen-bond donors (Lipinski definition) is 1. The number of likely N-dealkylation sites (tertiary alicyclic amines) is 1. The van der Waals surface area contributed by atoms with E-state index in [1.807, 2.05) is 0 Å². The Bertz CT molecular complexity index is 145. The summed E-state index contributed by atoms with van der Waals surface area (Å²) in [6.45, 7) is 8.32. The van der Waals surface area contributed by atoms with Gasteiger partial charge in [-0.05, 0) is 51.6 Å². The summed E-state index contributed by atoms with van der Waals surface area (Å²) in [6.07, 6.45) is 6.64. The van der Waals surface area contributed by atoms with Gasteiger partial charge in [0, 0.05) is 12.6 Å². The Labute approximate surface area is 88.8 Å². The second kappa shape index (κ2) is 6.41. The smallest absolute Gasteiger partial charge is 0.00109 e. The minimum absolute atomic E-state index is 0.379. The minimum atomic E-state index is 0.379. The van der Waals surface area contributed by atoms with Crippen molar-refractivity contribution in [2.24, 2.45) is 11.7 Å². The SMILES string of the molecule is CCCC1CCN(CCCC(C)N)C1. The van der Waals surface area contributed by atoms with Crippen molar-refractivity contribution >= 4 is 0 Å². The van der Waals surface area contributed by atoms with Crippen molar-refractivity contribution in [1.29, 1.82) is 0 Å². The molecule has 1 saturated heterocycles. The third-order valence-corrected chi connectivity index (χ3v) is 3.20. The molecule has 2 nitrogen and oxygen atoms in total. The van der Waals surface area contributed by atoms with Crippen molar-refractivity contribution in [3.05, 3.63) is 0 Å². The molecule has 0 radical (unpaired) electrons. The summed E-state index contributed by atoms with van der Waals surface area (Å²) in [7, 11) is 0. The van der Waals surface area contributed by atoms with E-state index in [0.717, 1.165) is 5.92 Å². The van der Waals surface area contributed by atoms with Crippen LogP contribution in [0.4, 0.5) is 0 Å². The van der Waals surface area contributed by atoms with E-state index in [4.69, 9.17) is 5.73 Å². The summed E-state index contributed by atoms with van der Waals surface area (Å²) < 4.78 is 0. The maximum atomic E-state index is 5.73. The average Bonchev–Trinajstić information content (AvgIpc) is 2.53. The van der Waals surface area contributed by atoms with Crippen LogP contribution < -0.4 is 5.73 Å². The molecule has 0 spiro atoms. The van der Waals surface area contributed by atoms with E-state index >= 15 is 0 Å². The van der Waals surface area contributed by atoms with E-state index in [-0.39, 0.29) is 0 Å². The zero-order valence-corrected chi connectivity index (χ0v) is 9.84. The van der Waals surface area contributed by atoms with Gasteiger partial charge in [0.2, 0.25) is 0 Å². The Balaban J connectivity index is 2.04. The number of nitrogens with two attached hydrogens (primary N) is 1. The molecule has 2 heteroatoms. The molecule has 0 aliphatic carbocycles. The van der Waals surface area contributed by atoms with E-state index in [1.165, 1.54) is 51.7 Å². The molecule has 84 valence electrons. The summed E-state index contributed by atoms with van der Waals surface area (Å²) in [6, 6.07) is 0.379. The van der Waals surface area contributed by atoms with Crippen molar-refractivity contribution in [2.45, 2.75) is 52.0 Å². The molecule has 2 atom stereocenters. The lowest BCUT2D eigenvalue weighted by Crippen LogP contribution is -2.24. The van der Waals surface area contributed by atoms with Gasteiger partial charge in [0.25, 0.3) is 0 Å². The molecule has 0 aromatic rings. The standard InChI is InChI=1S/C12H26N2/c1-3-5-12-7-9-14(10-12)8-4-6-11(2)13/h11-12H,3-10,13H2,1-2H3. The maximum absolute atomic E-state index is 5.73. The van der Waals surface area contributed by atoms with Crippen LogP contribution in [-0.2, 0) is 0 Å². The van der Waals surface area contributed by atoms with Crippen LogP contribution in [0.2, 0.25) is 0 Å². The molecular weight excluding hydrogens is 172 g/mol. The number of rotatable bonds is 6. The average molecular weight is 198 g/mol. The van der Waals surface area contributed by atoms with Crippen molar-refractivity contribution in [1.82, 2.24) is 4.90 Å². The monoisotopic (exact) mass is 198 g/mol. The number of hydrogen-bond acceptors (Lipinski definition) is 2. The minimum Gasteiger partial charge on any atom is -0.328 e. The van der Waals surface area contributed by atoms with Crippen molar-refractivity contribution in [3.8, 4) is 0 Å². The summed E-state index contributed by atoms with van der Waals surface area (Å²) >= 11 is 0. The van der Waals surface area contributed by atoms with Crippen LogP contribution in [0.3, 0.4) is 0 Å². The van der Waals surface area contributed by atoms with Gasteiger partial charge >= 0.3 is 0 Å². The van der Waals surface area contributed by atoms with Gasteiger partial charge in [0.15, 0.2) is 0 Å². The van der Waals surface area contributed by atoms with Crippen LogP contribution in [0.15, 0.2) is 0 Å².